The number of sulfonamides is 1. The number of rotatable bonds is 6. The number of nitrogens with one attached hydrogen (secondary N) is 2. The summed E-state index contributed by atoms with van der Waals surface area (Å²) in [7, 11) is -2.57. The van der Waals surface area contributed by atoms with E-state index in [1.807, 2.05) is 6.92 Å². The van der Waals surface area contributed by atoms with E-state index in [1.165, 1.54) is 31.4 Å². The lowest BCUT2D eigenvalue weighted by atomic mass is 10.2. The van der Waals surface area contributed by atoms with Crippen molar-refractivity contribution < 1.29 is 22.7 Å². The normalized spacial score (nSPS) is 11.0. The van der Waals surface area contributed by atoms with Crippen molar-refractivity contribution in [1.82, 2.24) is 4.72 Å². The van der Waals surface area contributed by atoms with Crippen LogP contribution in [-0.4, -0.2) is 33.9 Å². The Kier molecular flexibility index (Phi) is 5.89. The summed E-state index contributed by atoms with van der Waals surface area (Å²) < 4.78 is 31.2. The average Bonchev–Trinajstić information content (AvgIpc) is 2.60. The summed E-state index contributed by atoms with van der Waals surface area (Å²) in [5.41, 5.74) is 1.35. The lowest BCUT2D eigenvalue weighted by Crippen LogP contribution is -2.33. The van der Waals surface area contributed by atoms with E-state index in [4.69, 9.17) is 0 Å². The molecular weight excluding hydrogens is 344 g/mol. The van der Waals surface area contributed by atoms with E-state index in [2.05, 4.69) is 14.8 Å². The third kappa shape index (κ3) is 4.88. The largest absolute Gasteiger partial charge is 0.465 e. The van der Waals surface area contributed by atoms with Crippen LogP contribution in [0.25, 0.3) is 0 Å². The van der Waals surface area contributed by atoms with E-state index in [1.54, 1.807) is 24.3 Å². The molecule has 2 N–H and O–H groups in total. The summed E-state index contributed by atoms with van der Waals surface area (Å²) in [5.74, 6) is -1.21. The van der Waals surface area contributed by atoms with E-state index in [0.29, 0.717) is 0 Å². The molecule has 0 aliphatic heterocycles. The number of aryl methyl sites for hydroxylation is 1. The number of benzene rings is 2. The summed E-state index contributed by atoms with van der Waals surface area (Å²) in [4.78, 5) is 23.7. The number of methoxy groups -OCH3 is 1. The van der Waals surface area contributed by atoms with E-state index >= 15 is 0 Å². The highest BCUT2D eigenvalue weighted by molar-refractivity contribution is 7.89. The molecule has 2 rings (SSSR count). The Bertz CT molecular complexity index is 876. The molecule has 0 aliphatic rings. The Labute approximate surface area is 146 Å². The molecule has 132 valence electrons. The van der Waals surface area contributed by atoms with Gasteiger partial charge in [-0.2, -0.15) is 0 Å². The summed E-state index contributed by atoms with van der Waals surface area (Å²) in [6, 6.07) is 12.5. The molecule has 0 heterocycles. The standard InChI is InChI=1S/C17H18N2O5S/c1-12-7-9-13(10-8-12)25(22,23)18-11-16(20)19-15-6-4-3-5-14(15)17(21)24-2/h3-10,18H,11H2,1-2H3,(H,19,20). The number of carbonyl (C=O) groups is 2. The maximum atomic E-state index is 12.2. The molecular formula is C17H18N2O5S. The Morgan fingerprint density at radius 3 is 2.32 bits per heavy atom. The minimum atomic E-state index is -3.80. The van der Waals surface area contributed by atoms with E-state index < -0.39 is 28.4 Å². The first-order valence-electron chi connectivity index (χ1n) is 7.37. The van der Waals surface area contributed by atoms with Gasteiger partial charge in [0.05, 0.1) is 29.8 Å². The zero-order valence-corrected chi connectivity index (χ0v) is 14.6. The topological polar surface area (TPSA) is 102 Å². The molecule has 0 saturated heterocycles. The quantitative estimate of drug-likeness (QED) is 0.762. The smallest absolute Gasteiger partial charge is 0.339 e. The number of anilines is 1. The van der Waals surface area contributed by atoms with E-state index in [9.17, 15) is 18.0 Å². The molecule has 0 bridgehead atoms. The predicted molar refractivity (Wildman–Crippen MR) is 92.8 cm³/mol. The third-order valence-electron chi connectivity index (χ3n) is 3.36. The van der Waals surface area contributed by atoms with Gasteiger partial charge in [0.15, 0.2) is 0 Å². The fourth-order valence-electron chi connectivity index (χ4n) is 2.04. The summed E-state index contributed by atoms with van der Waals surface area (Å²) >= 11 is 0. The minimum absolute atomic E-state index is 0.0702. The highest BCUT2D eigenvalue weighted by Gasteiger charge is 2.17. The molecule has 0 spiro atoms. The monoisotopic (exact) mass is 362 g/mol. The van der Waals surface area contributed by atoms with Gasteiger partial charge in [0.2, 0.25) is 15.9 Å². The molecule has 0 aromatic heterocycles. The summed E-state index contributed by atoms with van der Waals surface area (Å²) in [6.07, 6.45) is 0. The molecule has 0 saturated carbocycles. The van der Waals surface area contributed by atoms with Crippen LogP contribution in [0.5, 0.6) is 0 Å². The van der Waals surface area contributed by atoms with Gasteiger partial charge in [-0.3, -0.25) is 4.79 Å². The molecule has 8 heteroatoms. The average molecular weight is 362 g/mol. The van der Waals surface area contributed by atoms with Crippen LogP contribution >= 0.6 is 0 Å². The van der Waals surface area contributed by atoms with Crippen LogP contribution in [0.1, 0.15) is 15.9 Å². The second-order valence-corrected chi connectivity index (χ2v) is 6.99. The molecule has 2 aromatic rings. The van der Waals surface area contributed by atoms with Crippen LogP contribution in [0.4, 0.5) is 5.69 Å². The maximum Gasteiger partial charge on any atom is 0.339 e. The first-order chi connectivity index (χ1) is 11.8. The molecule has 0 atom stereocenters. The van der Waals surface area contributed by atoms with Crippen molar-refractivity contribution >= 4 is 27.6 Å². The Morgan fingerprint density at radius 2 is 1.68 bits per heavy atom. The van der Waals surface area contributed by atoms with Crippen molar-refractivity contribution in [2.24, 2.45) is 0 Å². The first-order valence-corrected chi connectivity index (χ1v) is 8.85. The molecule has 2 aromatic carbocycles. The molecule has 7 nitrogen and oxygen atoms in total. The van der Waals surface area contributed by atoms with Crippen LogP contribution in [0.2, 0.25) is 0 Å². The third-order valence-corrected chi connectivity index (χ3v) is 4.78. The van der Waals surface area contributed by atoms with Crippen molar-refractivity contribution in [2.75, 3.05) is 19.0 Å². The molecule has 0 fully saturated rings. The fraction of sp³-hybridized carbons (Fsp3) is 0.176. The van der Waals surface area contributed by atoms with Gasteiger partial charge in [-0.05, 0) is 31.2 Å². The Morgan fingerprint density at radius 1 is 1.04 bits per heavy atom. The molecule has 0 aliphatic carbocycles. The van der Waals surface area contributed by atoms with Gasteiger partial charge in [0.25, 0.3) is 0 Å². The summed E-state index contributed by atoms with van der Waals surface area (Å²) in [6.45, 7) is 1.38. The fourth-order valence-corrected chi connectivity index (χ4v) is 3.02. The van der Waals surface area contributed by atoms with Gasteiger partial charge < -0.3 is 10.1 Å². The van der Waals surface area contributed by atoms with Gasteiger partial charge in [-0.15, -0.1) is 0 Å². The lowest BCUT2D eigenvalue weighted by Gasteiger charge is -2.10. The van der Waals surface area contributed by atoms with Crippen molar-refractivity contribution in [3.8, 4) is 0 Å². The van der Waals surface area contributed by atoms with E-state index in [0.717, 1.165) is 5.56 Å². The number of carbonyl (C=O) groups excluding carboxylic acids is 2. The molecule has 25 heavy (non-hydrogen) atoms. The van der Waals surface area contributed by atoms with Crippen molar-refractivity contribution in [2.45, 2.75) is 11.8 Å². The number of amides is 1. The van der Waals surface area contributed by atoms with Crippen LogP contribution in [-0.2, 0) is 19.6 Å². The van der Waals surface area contributed by atoms with Crippen molar-refractivity contribution in [3.05, 3.63) is 59.7 Å². The van der Waals surface area contributed by atoms with Gasteiger partial charge in [-0.1, -0.05) is 29.8 Å². The van der Waals surface area contributed by atoms with Gasteiger partial charge in [0.1, 0.15) is 0 Å². The first kappa shape index (κ1) is 18.6. The zero-order chi connectivity index (χ0) is 18.4. The lowest BCUT2D eigenvalue weighted by molar-refractivity contribution is -0.115. The van der Waals surface area contributed by atoms with Crippen LogP contribution in [0, 0.1) is 6.92 Å². The highest BCUT2D eigenvalue weighted by Crippen LogP contribution is 2.16. The molecule has 0 radical (unpaired) electrons. The number of ether oxygens (including phenoxy) is 1. The van der Waals surface area contributed by atoms with Crippen molar-refractivity contribution in [1.29, 1.82) is 0 Å². The zero-order valence-electron chi connectivity index (χ0n) is 13.8. The minimum Gasteiger partial charge on any atom is -0.465 e. The second-order valence-electron chi connectivity index (χ2n) is 5.22. The predicted octanol–water partition coefficient (Wildman–Crippen LogP) is 1.70. The molecule has 1 amide bonds. The second kappa shape index (κ2) is 7.91. The number of esters is 1. The summed E-state index contributed by atoms with van der Waals surface area (Å²) in [5, 5.41) is 2.49. The van der Waals surface area contributed by atoms with Crippen LogP contribution < -0.4 is 10.0 Å². The van der Waals surface area contributed by atoms with Crippen molar-refractivity contribution in [3.63, 3.8) is 0 Å². The molecule has 0 unspecified atom stereocenters. The number of para-hydroxylation sites is 1. The SMILES string of the molecule is COC(=O)c1ccccc1NC(=O)CNS(=O)(=O)c1ccc(C)cc1. The van der Waals surface area contributed by atoms with Crippen LogP contribution in [0.3, 0.4) is 0 Å². The van der Waals surface area contributed by atoms with E-state index in [-0.39, 0.29) is 16.1 Å². The Hall–Kier alpha value is -2.71. The maximum absolute atomic E-state index is 12.2. The number of hydrogen-bond donors (Lipinski definition) is 2. The Balaban J connectivity index is 2.04. The van der Waals surface area contributed by atoms with Crippen LogP contribution in [0.15, 0.2) is 53.4 Å². The van der Waals surface area contributed by atoms with Gasteiger partial charge in [0, 0.05) is 0 Å². The number of hydrogen-bond acceptors (Lipinski definition) is 5. The van der Waals surface area contributed by atoms with Gasteiger partial charge >= 0.3 is 5.97 Å². The highest BCUT2D eigenvalue weighted by atomic mass is 32.2. The van der Waals surface area contributed by atoms with Gasteiger partial charge in [-0.25, -0.2) is 17.9 Å².